The molecule has 0 bridgehead atoms. The molecule has 0 saturated heterocycles. The van der Waals surface area contributed by atoms with E-state index in [-0.39, 0.29) is 30.7 Å². The Labute approximate surface area is 211 Å². The Hall–Kier alpha value is -4.57. The highest BCUT2D eigenvalue weighted by Crippen LogP contribution is 2.29. The van der Waals surface area contributed by atoms with Crippen LogP contribution in [0.5, 0.6) is 0 Å². The molecule has 0 fully saturated rings. The maximum Gasteiger partial charge on any atom is 0.311 e. The lowest BCUT2D eigenvalue weighted by atomic mass is 10.0. The number of aromatic nitrogens is 2. The molecule has 4 aromatic rings. The van der Waals surface area contributed by atoms with Crippen molar-refractivity contribution in [2.24, 2.45) is 0 Å². The Morgan fingerprint density at radius 2 is 1.75 bits per heavy atom. The molecule has 2 amide bonds. The Morgan fingerprint density at radius 1 is 1.00 bits per heavy atom. The summed E-state index contributed by atoms with van der Waals surface area (Å²) < 4.78 is 4.72. The summed E-state index contributed by atoms with van der Waals surface area (Å²) in [6.45, 7) is -0.191. The standard InChI is InChI=1S/C26H23N5O4S/c1-35-24(33)13-21-12-18(9-10-28-21)17-3-2-4-19(11-17)22-15-36-26(30-22)31-23(32)14-29-25(34)16-5-7-20(27)8-6-16/h2-12,15H,13-14,27H2,1H3,(H,29,34)(H,30,31,32). The van der Waals surface area contributed by atoms with Crippen LogP contribution < -0.4 is 16.4 Å². The third-order valence-electron chi connectivity index (χ3n) is 5.19. The first-order valence-electron chi connectivity index (χ1n) is 10.9. The van der Waals surface area contributed by atoms with Crippen molar-refractivity contribution >= 4 is 39.9 Å². The van der Waals surface area contributed by atoms with Gasteiger partial charge in [-0.15, -0.1) is 11.3 Å². The first kappa shape index (κ1) is 24.6. The van der Waals surface area contributed by atoms with Crippen molar-refractivity contribution in [1.29, 1.82) is 0 Å². The van der Waals surface area contributed by atoms with E-state index in [1.807, 2.05) is 41.8 Å². The van der Waals surface area contributed by atoms with Crippen molar-refractivity contribution in [3.05, 3.63) is 83.5 Å². The predicted molar refractivity (Wildman–Crippen MR) is 138 cm³/mol. The van der Waals surface area contributed by atoms with E-state index in [0.717, 1.165) is 16.7 Å². The average molecular weight is 502 g/mol. The highest BCUT2D eigenvalue weighted by Gasteiger charge is 2.12. The van der Waals surface area contributed by atoms with Crippen LogP contribution in [0, 0.1) is 0 Å². The number of carbonyl (C=O) groups excluding carboxylic acids is 3. The second-order valence-corrected chi connectivity index (χ2v) is 8.62. The number of hydrogen-bond donors (Lipinski definition) is 3. The molecule has 2 aromatic carbocycles. The van der Waals surface area contributed by atoms with E-state index in [2.05, 4.69) is 20.6 Å². The van der Waals surface area contributed by atoms with Crippen molar-refractivity contribution in [3.63, 3.8) is 0 Å². The average Bonchev–Trinajstić information content (AvgIpc) is 3.36. The van der Waals surface area contributed by atoms with Crippen LogP contribution in [-0.2, 0) is 20.7 Å². The fraction of sp³-hybridized carbons (Fsp3) is 0.115. The number of ether oxygens (including phenoxy) is 1. The SMILES string of the molecule is COC(=O)Cc1cc(-c2cccc(-c3csc(NC(=O)CNC(=O)c4ccc(N)cc4)n3)c2)ccn1. The maximum atomic E-state index is 12.3. The van der Waals surface area contributed by atoms with Gasteiger partial charge in [0, 0.05) is 28.4 Å². The van der Waals surface area contributed by atoms with Crippen LogP contribution in [0.4, 0.5) is 10.8 Å². The number of rotatable bonds is 8. The smallest absolute Gasteiger partial charge is 0.311 e. The monoisotopic (exact) mass is 501 g/mol. The molecule has 9 nitrogen and oxygen atoms in total. The third kappa shape index (κ3) is 6.30. The van der Waals surface area contributed by atoms with Gasteiger partial charge in [0.15, 0.2) is 5.13 Å². The Bertz CT molecular complexity index is 1400. The minimum absolute atomic E-state index is 0.0968. The van der Waals surface area contributed by atoms with Gasteiger partial charge in [0.05, 0.1) is 31.5 Å². The van der Waals surface area contributed by atoms with Gasteiger partial charge in [0.25, 0.3) is 5.91 Å². The second kappa shape index (κ2) is 11.2. The maximum absolute atomic E-state index is 12.3. The molecule has 0 atom stereocenters. The summed E-state index contributed by atoms with van der Waals surface area (Å²) in [5.41, 5.74) is 10.6. The van der Waals surface area contributed by atoms with Crippen LogP contribution >= 0.6 is 11.3 Å². The van der Waals surface area contributed by atoms with Crippen molar-refractivity contribution in [3.8, 4) is 22.4 Å². The van der Waals surface area contributed by atoms with Gasteiger partial charge in [0.1, 0.15) is 0 Å². The Balaban J connectivity index is 1.39. The van der Waals surface area contributed by atoms with E-state index in [1.165, 1.54) is 18.4 Å². The van der Waals surface area contributed by atoms with Crippen LogP contribution in [-0.4, -0.2) is 41.4 Å². The normalized spacial score (nSPS) is 10.5. The quantitative estimate of drug-likeness (QED) is 0.248. The number of nitrogens with one attached hydrogen (secondary N) is 2. The summed E-state index contributed by atoms with van der Waals surface area (Å²) in [6.07, 6.45) is 1.75. The molecule has 0 spiro atoms. The van der Waals surface area contributed by atoms with Crippen molar-refractivity contribution in [2.45, 2.75) is 6.42 Å². The molecule has 36 heavy (non-hydrogen) atoms. The number of hydrogen-bond acceptors (Lipinski definition) is 8. The molecule has 2 heterocycles. The predicted octanol–water partition coefficient (Wildman–Crippen LogP) is 3.54. The molecule has 0 aliphatic carbocycles. The van der Waals surface area contributed by atoms with Gasteiger partial charge in [-0.25, -0.2) is 4.98 Å². The highest BCUT2D eigenvalue weighted by atomic mass is 32.1. The zero-order valence-electron chi connectivity index (χ0n) is 19.4. The number of benzene rings is 2. The molecule has 10 heteroatoms. The van der Waals surface area contributed by atoms with Crippen molar-refractivity contribution in [1.82, 2.24) is 15.3 Å². The molecular formula is C26H23N5O4S. The third-order valence-corrected chi connectivity index (χ3v) is 5.95. The highest BCUT2D eigenvalue weighted by molar-refractivity contribution is 7.14. The van der Waals surface area contributed by atoms with Crippen LogP contribution in [0.1, 0.15) is 16.1 Å². The molecule has 2 aromatic heterocycles. The van der Waals surface area contributed by atoms with E-state index < -0.39 is 0 Å². The molecule has 4 rings (SSSR count). The van der Waals surface area contributed by atoms with Gasteiger partial charge in [-0.3, -0.25) is 19.4 Å². The van der Waals surface area contributed by atoms with Crippen molar-refractivity contribution in [2.75, 3.05) is 24.7 Å². The number of nitrogen functional groups attached to an aromatic ring is 1. The molecule has 0 aliphatic rings. The van der Waals surface area contributed by atoms with Crippen molar-refractivity contribution < 1.29 is 19.1 Å². The summed E-state index contributed by atoms with van der Waals surface area (Å²) in [5.74, 6) is -1.11. The number of amides is 2. The van der Waals surface area contributed by atoms with Crippen LogP contribution in [0.3, 0.4) is 0 Å². The van der Waals surface area contributed by atoms with E-state index in [1.54, 1.807) is 30.5 Å². The van der Waals surface area contributed by atoms with Crippen LogP contribution in [0.25, 0.3) is 22.4 Å². The minimum Gasteiger partial charge on any atom is -0.469 e. The molecule has 4 N–H and O–H groups in total. The summed E-state index contributed by atoms with van der Waals surface area (Å²) in [7, 11) is 1.35. The zero-order chi connectivity index (χ0) is 25.5. The van der Waals surface area contributed by atoms with E-state index >= 15 is 0 Å². The summed E-state index contributed by atoms with van der Waals surface area (Å²) in [5, 5.41) is 7.55. The Kier molecular flexibility index (Phi) is 7.66. The van der Waals surface area contributed by atoms with E-state index in [0.29, 0.717) is 27.8 Å². The number of nitrogens with zero attached hydrogens (tertiary/aromatic N) is 2. The number of pyridine rings is 1. The zero-order valence-corrected chi connectivity index (χ0v) is 20.2. The molecule has 0 unspecified atom stereocenters. The van der Waals surface area contributed by atoms with E-state index in [4.69, 9.17) is 10.5 Å². The fourth-order valence-electron chi connectivity index (χ4n) is 3.36. The summed E-state index contributed by atoms with van der Waals surface area (Å²) >= 11 is 1.29. The van der Waals surface area contributed by atoms with Gasteiger partial charge >= 0.3 is 5.97 Å². The number of esters is 1. The first-order chi connectivity index (χ1) is 17.4. The van der Waals surface area contributed by atoms with Gasteiger partial charge < -0.3 is 21.1 Å². The molecule has 0 saturated carbocycles. The molecule has 0 radical (unpaired) electrons. The summed E-state index contributed by atoms with van der Waals surface area (Å²) in [4.78, 5) is 44.8. The summed E-state index contributed by atoms with van der Waals surface area (Å²) in [6, 6.07) is 17.9. The fourth-order valence-corrected chi connectivity index (χ4v) is 4.09. The van der Waals surface area contributed by atoms with Gasteiger partial charge in [-0.2, -0.15) is 0 Å². The lowest BCUT2D eigenvalue weighted by Crippen LogP contribution is -2.32. The number of thiazole rings is 1. The topological polar surface area (TPSA) is 136 Å². The Morgan fingerprint density at radius 3 is 2.53 bits per heavy atom. The van der Waals surface area contributed by atoms with Crippen LogP contribution in [0.2, 0.25) is 0 Å². The number of nitrogens with two attached hydrogens (primary N) is 1. The molecular weight excluding hydrogens is 478 g/mol. The first-order valence-corrected chi connectivity index (χ1v) is 11.8. The minimum atomic E-state index is -0.386. The van der Waals surface area contributed by atoms with Gasteiger partial charge in [-0.05, 0) is 53.6 Å². The van der Waals surface area contributed by atoms with Gasteiger partial charge in [-0.1, -0.05) is 18.2 Å². The molecule has 0 aliphatic heterocycles. The lowest BCUT2D eigenvalue weighted by Gasteiger charge is -2.06. The lowest BCUT2D eigenvalue weighted by molar-refractivity contribution is -0.139. The van der Waals surface area contributed by atoms with Crippen LogP contribution in [0.15, 0.2) is 72.2 Å². The van der Waals surface area contributed by atoms with E-state index in [9.17, 15) is 14.4 Å². The second-order valence-electron chi connectivity index (χ2n) is 7.76. The van der Waals surface area contributed by atoms with Gasteiger partial charge in [0.2, 0.25) is 5.91 Å². The number of methoxy groups -OCH3 is 1. The number of carbonyl (C=O) groups is 3. The number of anilines is 2. The largest absolute Gasteiger partial charge is 0.469 e. The molecule has 182 valence electrons.